The highest BCUT2D eigenvalue weighted by Gasteiger charge is 2.27. The van der Waals surface area contributed by atoms with Crippen LogP contribution in [0.5, 0.6) is 5.75 Å². The summed E-state index contributed by atoms with van der Waals surface area (Å²) in [6.45, 7) is -1.45. The molecule has 1 amide bonds. The van der Waals surface area contributed by atoms with Gasteiger partial charge in [0.2, 0.25) is 0 Å². The quantitative estimate of drug-likeness (QED) is 0.817. The fourth-order valence-corrected chi connectivity index (χ4v) is 1.60. The predicted molar refractivity (Wildman–Crippen MR) is 69.1 cm³/mol. The molecule has 0 spiro atoms. The second-order valence-electron chi connectivity index (χ2n) is 4.73. The first kappa shape index (κ1) is 15.2. The molecule has 0 aliphatic heterocycles. The van der Waals surface area contributed by atoms with E-state index in [0.717, 1.165) is 12.8 Å². The molecule has 0 bridgehead atoms. The van der Waals surface area contributed by atoms with Gasteiger partial charge in [-0.2, -0.15) is 8.78 Å². The second-order valence-corrected chi connectivity index (χ2v) is 4.73. The van der Waals surface area contributed by atoms with Crippen LogP contribution in [-0.2, 0) is 9.53 Å². The predicted octanol–water partition coefficient (Wildman–Crippen LogP) is 2.11. The molecule has 1 fully saturated rings. The van der Waals surface area contributed by atoms with Gasteiger partial charge in [0.25, 0.3) is 5.91 Å². The number of alkyl halides is 2. The number of carbonyl (C=O) groups excluding carboxylic acids is 2. The van der Waals surface area contributed by atoms with Gasteiger partial charge in [-0.3, -0.25) is 4.79 Å². The van der Waals surface area contributed by atoms with E-state index in [2.05, 4.69) is 10.1 Å². The van der Waals surface area contributed by atoms with Crippen molar-refractivity contribution in [2.75, 3.05) is 0 Å². The molecule has 0 radical (unpaired) electrons. The zero-order valence-corrected chi connectivity index (χ0v) is 11.3. The molecule has 0 saturated heterocycles. The maximum absolute atomic E-state index is 12.0. The molecule has 2 rings (SSSR count). The van der Waals surface area contributed by atoms with Crippen molar-refractivity contribution in [2.24, 2.45) is 0 Å². The number of hydrogen-bond donors (Lipinski definition) is 1. The lowest BCUT2D eigenvalue weighted by Gasteiger charge is -2.13. The normalized spacial score (nSPS) is 15.4. The third-order valence-corrected chi connectivity index (χ3v) is 2.89. The molecule has 1 atom stereocenters. The summed E-state index contributed by atoms with van der Waals surface area (Å²) >= 11 is 0. The topological polar surface area (TPSA) is 64.6 Å². The molecule has 0 unspecified atom stereocenters. The Balaban J connectivity index is 1.88. The summed E-state index contributed by atoms with van der Waals surface area (Å²) in [6, 6.07) is 5.25. The van der Waals surface area contributed by atoms with Crippen LogP contribution in [0, 0.1) is 0 Å². The largest absolute Gasteiger partial charge is 0.449 e. The number of halogens is 2. The molecule has 7 heteroatoms. The highest BCUT2D eigenvalue weighted by molar-refractivity contribution is 5.92. The van der Waals surface area contributed by atoms with Gasteiger partial charge in [0.05, 0.1) is 5.56 Å². The van der Waals surface area contributed by atoms with Crippen LogP contribution in [0.15, 0.2) is 24.3 Å². The minimum atomic E-state index is -2.92. The fourth-order valence-electron chi connectivity index (χ4n) is 1.60. The van der Waals surface area contributed by atoms with Crippen LogP contribution in [-0.4, -0.2) is 30.6 Å². The van der Waals surface area contributed by atoms with Gasteiger partial charge in [0, 0.05) is 6.04 Å². The van der Waals surface area contributed by atoms with Crippen LogP contribution >= 0.6 is 0 Å². The minimum Gasteiger partial charge on any atom is -0.449 e. The van der Waals surface area contributed by atoms with E-state index in [-0.39, 0.29) is 23.3 Å². The molecule has 1 saturated carbocycles. The molecule has 1 aromatic carbocycles. The molecular formula is C14H15F2NO4. The minimum absolute atomic E-state index is 0.0546. The number of hydrogen-bond acceptors (Lipinski definition) is 4. The molecule has 1 N–H and O–H groups in total. The number of rotatable bonds is 6. The van der Waals surface area contributed by atoms with Crippen LogP contribution in [0.1, 0.15) is 30.1 Å². The SMILES string of the molecule is C[C@@H](OC(=O)c1ccc(OC(F)F)cc1)C(=O)NC1CC1. The van der Waals surface area contributed by atoms with E-state index in [1.165, 1.54) is 31.2 Å². The average molecular weight is 299 g/mol. The van der Waals surface area contributed by atoms with E-state index >= 15 is 0 Å². The Morgan fingerprint density at radius 3 is 2.38 bits per heavy atom. The summed E-state index contributed by atoms with van der Waals surface area (Å²) in [5.41, 5.74) is 0.155. The number of esters is 1. The fraction of sp³-hybridized carbons (Fsp3) is 0.429. The smallest absolute Gasteiger partial charge is 0.387 e. The van der Waals surface area contributed by atoms with Crippen molar-refractivity contribution in [3.8, 4) is 5.75 Å². The Hall–Kier alpha value is -2.18. The maximum atomic E-state index is 12.0. The highest BCUT2D eigenvalue weighted by atomic mass is 19.3. The Kier molecular flexibility index (Phi) is 4.72. The van der Waals surface area contributed by atoms with Crippen LogP contribution < -0.4 is 10.1 Å². The molecule has 114 valence electrons. The first-order valence-corrected chi connectivity index (χ1v) is 6.52. The average Bonchev–Trinajstić information content (AvgIpc) is 3.22. The summed E-state index contributed by atoms with van der Waals surface area (Å²) in [4.78, 5) is 23.4. The zero-order chi connectivity index (χ0) is 15.4. The molecule has 5 nitrogen and oxygen atoms in total. The van der Waals surface area contributed by atoms with E-state index in [1.54, 1.807) is 0 Å². The molecule has 1 aliphatic rings. The summed E-state index contributed by atoms with van der Waals surface area (Å²) < 4.78 is 33.2. The lowest BCUT2D eigenvalue weighted by atomic mass is 10.2. The van der Waals surface area contributed by atoms with E-state index in [4.69, 9.17) is 4.74 Å². The monoisotopic (exact) mass is 299 g/mol. The first-order chi connectivity index (χ1) is 9.95. The van der Waals surface area contributed by atoms with E-state index in [1.807, 2.05) is 0 Å². The third-order valence-electron chi connectivity index (χ3n) is 2.89. The van der Waals surface area contributed by atoms with Crippen molar-refractivity contribution in [1.29, 1.82) is 0 Å². The summed E-state index contributed by atoms with van der Waals surface area (Å²) in [5.74, 6) is -1.10. The van der Waals surface area contributed by atoms with Crippen LogP contribution in [0.3, 0.4) is 0 Å². The summed E-state index contributed by atoms with van der Waals surface area (Å²) in [7, 11) is 0. The number of benzene rings is 1. The van der Waals surface area contributed by atoms with Crippen LogP contribution in [0.4, 0.5) is 8.78 Å². The van der Waals surface area contributed by atoms with Crippen molar-refractivity contribution in [3.63, 3.8) is 0 Å². The third kappa shape index (κ3) is 4.70. The Morgan fingerprint density at radius 2 is 1.86 bits per heavy atom. The number of amides is 1. The van der Waals surface area contributed by atoms with E-state index in [0.29, 0.717) is 0 Å². The van der Waals surface area contributed by atoms with E-state index in [9.17, 15) is 18.4 Å². The highest BCUT2D eigenvalue weighted by Crippen LogP contribution is 2.19. The number of carbonyl (C=O) groups is 2. The van der Waals surface area contributed by atoms with Gasteiger partial charge in [0.15, 0.2) is 6.10 Å². The standard InChI is InChI=1S/C14H15F2NO4/c1-8(12(18)17-10-4-5-10)20-13(19)9-2-6-11(7-3-9)21-14(15)16/h2-3,6-8,10,14H,4-5H2,1H3,(H,17,18)/t8-/m1/s1. The van der Waals surface area contributed by atoms with Gasteiger partial charge in [-0.1, -0.05) is 0 Å². The van der Waals surface area contributed by atoms with Gasteiger partial charge in [-0.15, -0.1) is 0 Å². The van der Waals surface area contributed by atoms with Crippen molar-refractivity contribution in [2.45, 2.75) is 38.5 Å². The Bertz CT molecular complexity index is 514. The van der Waals surface area contributed by atoms with Crippen molar-refractivity contribution < 1.29 is 27.8 Å². The molecule has 0 heterocycles. The summed E-state index contributed by atoms with van der Waals surface area (Å²) in [6.07, 6.45) is 0.978. The van der Waals surface area contributed by atoms with Crippen molar-refractivity contribution in [1.82, 2.24) is 5.32 Å². The second kappa shape index (κ2) is 6.51. The lowest BCUT2D eigenvalue weighted by molar-refractivity contribution is -0.129. The van der Waals surface area contributed by atoms with Gasteiger partial charge >= 0.3 is 12.6 Å². The van der Waals surface area contributed by atoms with Crippen molar-refractivity contribution >= 4 is 11.9 Å². The van der Waals surface area contributed by atoms with Gasteiger partial charge in [-0.25, -0.2) is 4.79 Å². The Morgan fingerprint density at radius 1 is 1.24 bits per heavy atom. The number of ether oxygens (including phenoxy) is 2. The first-order valence-electron chi connectivity index (χ1n) is 6.52. The molecule has 21 heavy (non-hydrogen) atoms. The maximum Gasteiger partial charge on any atom is 0.387 e. The molecular weight excluding hydrogens is 284 g/mol. The number of nitrogens with one attached hydrogen (secondary N) is 1. The van der Waals surface area contributed by atoms with Gasteiger partial charge in [-0.05, 0) is 44.0 Å². The molecule has 0 aromatic heterocycles. The van der Waals surface area contributed by atoms with Crippen molar-refractivity contribution in [3.05, 3.63) is 29.8 Å². The van der Waals surface area contributed by atoms with Gasteiger partial charge in [0.1, 0.15) is 5.75 Å². The van der Waals surface area contributed by atoms with E-state index < -0.39 is 18.7 Å². The zero-order valence-electron chi connectivity index (χ0n) is 11.3. The van der Waals surface area contributed by atoms with Crippen LogP contribution in [0.25, 0.3) is 0 Å². The van der Waals surface area contributed by atoms with Crippen LogP contribution in [0.2, 0.25) is 0 Å². The summed E-state index contributed by atoms with van der Waals surface area (Å²) in [5, 5.41) is 2.72. The molecule has 1 aromatic rings. The Labute approximate surface area is 120 Å². The lowest BCUT2D eigenvalue weighted by Crippen LogP contribution is -2.37. The molecule has 1 aliphatic carbocycles. The van der Waals surface area contributed by atoms with Gasteiger partial charge < -0.3 is 14.8 Å².